The molecule has 0 heterocycles. The fraction of sp³-hybridized carbons (Fsp3) is 0.0833. The van der Waals surface area contributed by atoms with Gasteiger partial charge in [0.1, 0.15) is 18.2 Å². The van der Waals surface area contributed by atoms with Crippen molar-refractivity contribution in [1.29, 1.82) is 5.26 Å². The van der Waals surface area contributed by atoms with Crippen LogP contribution in [0.4, 0.5) is 5.69 Å². The number of halogens is 3. The molecule has 3 aromatic rings. The first-order chi connectivity index (χ1) is 15.4. The Kier molecular flexibility index (Phi) is 8.18. The molecule has 3 aromatic carbocycles. The van der Waals surface area contributed by atoms with E-state index in [4.69, 9.17) is 32.7 Å². The number of nitrogens with one attached hydrogen (secondary N) is 1. The number of hydrogen-bond donors (Lipinski definition) is 1. The summed E-state index contributed by atoms with van der Waals surface area (Å²) in [6, 6.07) is 19.5. The van der Waals surface area contributed by atoms with E-state index >= 15 is 0 Å². The van der Waals surface area contributed by atoms with E-state index in [0.29, 0.717) is 39.4 Å². The number of rotatable bonds is 7. The van der Waals surface area contributed by atoms with Gasteiger partial charge in [-0.05, 0) is 59.7 Å². The molecule has 0 spiro atoms. The van der Waals surface area contributed by atoms with Crippen molar-refractivity contribution in [2.75, 3.05) is 12.4 Å². The Morgan fingerprint density at radius 3 is 2.47 bits per heavy atom. The van der Waals surface area contributed by atoms with Crippen LogP contribution in [0.1, 0.15) is 11.1 Å². The smallest absolute Gasteiger partial charge is 0.266 e. The van der Waals surface area contributed by atoms with Crippen LogP contribution in [0.3, 0.4) is 0 Å². The zero-order valence-electron chi connectivity index (χ0n) is 16.9. The molecule has 8 heteroatoms. The number of amides is 1. The van der Waals surface area contributed by atoms with E-state index in [9.17, 15) is 10.1 Å². The first kappa shape index (κ1) is 23.7. The third-order valence-corrected chi connectivity index (χ3v) is 5.62. The van der Waals surface area contributed by atoms with E-state index in [1.165, 1.54) is 12.1 Å². The predicted molar refractivity (Wildman–Crippen MR) is 130 cm³/mol. The summed E-state index contributed by atoms with van der Waals surface area (Å²) >= 11 is 15.3. The van der Waals surface area contributed by atoms with Crippen molar-refractivity contribution in [2.24, 2.45) is 0 Å². The van der Waals surface area contributed by atoms with Crippen LogP contribution in [0, 0.1) is 11.3 Å². The molecule has 0 saturated carbocycles. The van der Waals surface area contributed by atoms with E-state index in [2.05, 4.69) is 21.2 Å². The van der Waals surface area contributed by atoms with Crippen LogP contribution < -0.4 is 14.8 Å². The molecular formula is C24H17BrCl2N2O3. The zero-order chi connectivity index (χ0) is 23.1. The van der Waals surface area contributed by atoms with Crippen LogP contribution in [-0.4, -0.2) is 13.0 Å². The summed E-state index contributed by atoms with van der Waals surface area (Å²) in [7, 11) is 1.54. The molecule has 0 saturated heterocycles. The molecule has 162 valence electrons. The number of nitriles is 1. The van der Waals surface area contributed by atoms with Gasteiger partial charge in [0.2, 0.25) is 0 Å². The van der Waals surface area contributed by atoms with E-state index in [0.717, 1.165) is 10.0 Å². The first-order valence-corrected chi connectivity index (χ1v) is 10.9. The molecule has 0 unspecified atom stereocenters. The Morgan fingerprint density at radius 2 is 1.81 bits per heavy atom. The topological polar surface area (TPSA) is 71.3 Å². The van der Waals surface area contributed by atoms with Gasteiger partial charge >= 0.3 is 0 Å². The van der Waals surface area contributed by atoms with Crippen molar-refractivity contribution in [3.63, 3.8) is 0 Å². The Balaban J connectivity index is 1.79. The molecule has 0 atom stereocenters. The van der Waals surface area contributed by atoms with Crippen LogP contribution in [-0.2, 0) is 11.4 Å². The molecule has 0 bridgehead atoms. The van der Waals surface area contributed by atoms with Crippen molar-refractivity contribution in [3.05, 3.63) is 91.9 Å². The third-order valence-electron chi connectivity index (χ3n) is 4.35. The summed E-state index contributed by atoms with van der Waals surface area (Å²) < 4.78 is 12.3. The Bertz CT molecular complexity index is 1200. The van der Waals surface area contributed by atoms with E-state index in [-0.39, 0.29) is 5.57 Å². The van der Waals surface area contributed by atoms with Crippen molar-refractivity contribution in [3.8, 4) is 17.6 Å². The van der Waals surface area contributed by atoms with Crippen LogP contribution in [0.5, 0.6) is 11.5 Å². The first-order valence-electron chi connectivity index (χ1n) is 9.33. The summed E-state index contributed by atoms with van der Waals surface area (Å²) in [6.07, 6.45) is 1.47. The normalized spacial score (nSPS) is 10.9. The van der Waals surface area contributed by atoms with E-state index in [1.54, 1.807) is 37.4 Å². The maximum Gasteiger partial charge on any atom is 0.266 e. The van der Waals surface area contributed by atoms with Gasteiger partial charge in [-0.15, -0.1) is 0 Å². The van der Waals surface area contributed by atoms with Gasteiger partial charge < -0.3 is 14.8 Å². The molecule has 1 N–H and O–H groups in total. The molecule has 32 heavy (non-hydrogen) atoms. The summed E-state index contributed by atoms with van der Waals surface area (Å²) in [5.41, 5.74) is 1.94. The van der Waals surface area contributed by atoms with Gasteiger partial charge in [-0.2, -0.15) is 5.26 Å². The summed E-state index contributed by atoms with van der Waals surface area (Å²) in [4.78, 5) is 12.6. The number of carbonyl (C=O) groups excluding carboxylic acids is 1. The molecule has 0 aromatic heterocycles. The quantitative estimate of drug-likeness (QED) is 0.266. The van der Waals surface area contributed by atoms with Gasteiger partial charge in [0.25, 0.3) is 5.91 Å². The number of nitrogens with zero attached hydrogens (tertiary/aromatic N) is 1. The fourth-order valence-corrected chi connectivity index (χ4v) is 3.29. The average molecular weight is 532 g/mol. The maximum atomic E-state index is 12.6. The van der Waals surface area contributed by atoms with Crippen LogP contribution in [0.25, 0.3) is 6.08 Å². The minimum atomic E-state index is -0.570. The Labute approximate surface area is 204 Å². The maximum absolute atomic E-state index is 12.6. The number of carbonyl (C=O) groups is 1. The van der Waals surface area contributed by atoms with Gasteiger partial charge in [-0.3, -0.25) is 4.79 Å². The highest BCUT2D eigenvalue weighted by Gasteiger charge is 2.12. The SMILES string of the molecule is COc1ccc(/C=C(\C#N)C(=O)Nc2ccc(Cl)c(Cl)c2)cc1OCc1ccc(Br)cc1. The molecule has 1 amide bonds. The summed E-state index contributed by atoms with van der Waals surface area (Å²) in [6.45, 7) is 0.333. The van der Waals surface area contributed by atoms with Gasteiger partial charge in [-0.1, -0.05) is 57.3 Å². The number of anilines is 1. The number of benzene rings is 3. The Hall–Kier alpha value is -2.98. The highest BCUT2D eigenvalue weighted by molar-refractivity contribution is 9.10. The molecular weight excluding hydrogens is 515 g/mol. The molecule has 0 aliphatic carbocycles. The van der Waals surface area contributed by atoms with Gasteiger partial charge in [0.05, 0.1) is 17.2 Å². The molecule has 0 aliphatic heterocycles. The molecule has 0 aliphatic rings. The lowest BCUT2D eigenvalue weighted by atomic mass is 10.1. The lowest BCUT2D eigenvalue weighted by Gasteiger charge is -2.12. The predicted octanol–water partition coefficient (Wildman–Crippen LogP) is 6.89. The minimum absolute atomic E-state index is 0.0832. The second kappa shape index (κ2) is 11.1. The largest absolute Gasteiger partial charge is 0.493 e. The number of ether oxygens (including phenoxy) is 2. The van der Waals surface area contributed by atoms with E-state index in [1.807, 2.05) is 30.3 Å². The van der Waals surface area contributed by atoms with Crippen molar-refractivity contribution in [1.82, 2.24) is 0 Å². The third kappa shape index (κ3) is 6.27. The number of methoxy groups -OCH3 is 1. The van der Waals surface area contributed by atoms with E-state index < -0.39 is 5.91 Å². The van der Waals surface area contributed by atoms with Gasteiger partial charge in [0.15, 0.2) is 11.5 Å². The van der Waals surface area contributed by atoms with Gasteiger partial charge in [-0.25, -0.2) is 0 Å². The lowest BCUT2D eigenvalue weighted by Crippen LogP contribution is -2.13. The minimum Gasteiger partial charge on any atom is -0.493 e. The Morgan fingerprint density at radius 1 is 1.06 bits per heavy atom. The monoisotopic (exact) mass is 530 g/mol. The molecule has 0 fully saturated rings. The molecule has 5 nitrogen and oxygen atoms in total. The fourth-order valence-electron chi connectivity index (χ4n) is 2.73. The van der Waals surface area contributed by atoms with Crippen molar-refractivity contribution < 1.29 is 14.3 Å². The lowest BCUT2D eigenvalue weighted by molar-refractivity contribution is -0.112. The summed E-state index contributed by atoms with van der Waals surface area (Å²) in [5, 5.41) is 12.8. The highest BCUT2D eigenvalue weighted by atomic mass is 79.9. The van der Waals surface area contributed by atoms with Crippen molar-refractivity contribution in [2.45, 2.75) is 6.61 Å². The van der Waals surface area contributed by atoms with Crippen LogP contribution in [0.2, 0.25) is 10.0 Å². The van der Waals surface area contributed by atoms with Crippen molar-refractivity contribution >= 4 is 56.8 Å². The van der Waals surface area contributed by atoms with Crippen LogP contribution >= 0.6 is 39.1 Å². The second-order valence-electron chi connectivity index (χ2n) is 6.58. The van der Waals surface area contributed by atoms with Gasteiger partial charge in [0, 0.05) is 10.2 Å². The summed E-state index contributed by atoms with van der Waals surface area (Å²) in [5.74, 6) is 0.461. The van der Waals surface area contributed by atoms with Crippen LogP contribution in [0.15, 0.2) is 70.7 Å². The molecule has 0 radical (unpaired) electrons. The molecule has 3 rings (SSSR count). The standard InChI is InChI=1S/C24H17BrCl2N2O3/c1-31-22-9-4-16(11-23(22)32-14-15-2-5-18(25)6-3-15)10-17(13-28)24(30)29-19-7-8-20(26)21(27)12-19/h2-12H,14H2,1H3,(H,29,30)/b17-10+. The second-order valence-corrected chi connectivity index (χ2v) is 8.31. The average Bonchev–Trinajstić information content (AvgIpc) is 2.79. The highest BCUT2D eigenvalue weighted by Crippen LogP contribution is 2.30. The zero-order valence-corrected chi connectivity index (χ0v) is 20.0. The number of hydrogen-bond acceptors (Lipinski definition) is 4.